The van der Waals surface area contributed by atoms with Gasteiger partial charge in [0, 0.05) is 56.4 Å². The second-order valence-electron chi connectivity index (χ2n) is 13.5. The first kappa shape index (κ1) is 31.5. The molecule has 3 fully saturated rings. The number of aromatic nitrogens is 6. The number of Topliss-reactive ketones (excluding diaryl/α,β-unsaturated/α-hetero) is 1. The Morgan fingerprint density at radius 2 is 1.81 bits per heavy atom. The van der Waals surface area contributed by atoms with Crippen LogP contribution in [0.15, 0.2) is 35.2 Å². The van der Waals surface area contributed by atoms with Crippen LogP contribution in [0.5, 0.6) is 0 Å². The van der Waals surface area contributed by atoms with Gasteiger partial charge in [-0.1, -0.05) is 12.5 Å². The number of carbonyl (C=O) groups is 3. The fraction of sp³-hybridized carbons (Fsp3) is 0.471. The highest BCUT2D eigenvalue weighted by molar-refractivity contribution is 9.10. The lowest BCUT2D eigenvalue weighted by atomic mass is 9.63. The Morgan fingerprint density at radius 3 is 2.49 bits per heavy atom. The predicted octanol–water partition coefficient (Wildman–Crippen LogP) is 4.52. The molecule has 0 radical (unpaired) electrons. The van der Waals surface area contributed by atoms with Gasteiger partial charge >= 0.3 is 0 Å². The molecule has 2 unspecified atom stereocenters. The van der Waals surface area contributed by atoms with Crippen molar-refractivity contribution in [2.45, 2.75) is 66.0 Å². The van der Waals surface area contributed by atoms with Crippen LogP contribution >= 0.6 is 15.9 Å². The first-order valence-electron chi connectivity index (χ1n) is 16.1. The van der Waals surface area contributed by atoms with E-state index in [0.29, 0.717) is 56.9 Å². The van der Waals surface area contributed by atoms with Gasteiger partial charge in [0.1, 0.15) is 34.5 Å². The zero-order valence-electron chi connectivity index (χ0n) is 27.1. The minimum atomic E-state index is -0.659. The fourth-order valence-electron chi connectivity index (χ4n) is 7.46. The summed E-state index contributed by atoms with van der Waals surface area (Å²) >= 11 is 3.39. The molecule has 3 aliphatic rings. The standard InChI is InChI=1S/C34H38BrN9O3/c1-19-6-7-28(35)39-32(19)40-33(47)27-10-23(14-42-17-34(18-42)8-5-9-34)15-43(27)29(46)16-44-31-20(2)38-26(24-12-36-22(4)37-13-24)11-25(31)30(41-44)21(3)45/h6-7,11-13,23,27H,5,8-10,14-18H2,1-4H3,(H,39,40,47). The van der Waals surface area contributed by atoms with Gasteiger partial charge in [-0.15, -0.1) is 0 Å². The Morgan fingerprint density at radius 1 is 1.06 bits per heavy atom. The summed E-state index contributed by atoms with van der Waals surface area (Å²) in [6, 6.07) is 4.86. The largest absolute Gasteiger partial charge is 0.329 e. The monoisotopic (exact) mass is 699 g/mol. The van der Waals surface area contributed by atoms with Crippen molar-refractivity contribution in [1.82, 2.24) is 39.5 Å². The van der Waals surface area contributed by atoms with E-state index in [1.807, 2.05) is 32.9 Å². The number of anilines is 1. The maximum Gasteiger partial charge on any atom is 0.248 e. The third-order valence-corrected chi connectivity index (χ3v) is 10.4. The van der Waals surface area contributed by atoms with Gasteiger partial charge in [0.15, 0.2) is 5.78 Å². The van der Waals surface area contributed by atoms with Gasteiger partial charge in [-0.25, -0.2) is 15.0 Å². The number of likely N-dealkylation sites (tertiary alicyclic amines) is 2. The van der Waals surface area contributed by atoms with Crippen LogP contribution in [0.3, 0.4) is 0 Å². The highest BCUT2D eigenvalue weighted by atomic mass is 79.9. The third kappa shape index (κ3) is 6.06. The minimum Gasteiger partial charge on any atom is -0.329 e. The number of nitrogens with zero attached hydrogens (tertiary/aromatic N) is 8. The molecule has 47 heavy (non-hydrogen) atoms. The summed E-state index contributed by atoms with van der Waals surface area (Å²) in [7, 11) is 0. The zero-order valence-corrected chi connectivity index (χ0v) is 28.7. The number of halogens is 1. The molecule has 1 saturated carbocycles. The van der Waals surface area contributed by atoms with Crippen molar-refractivity contribution in [3.8, 4) is 11.3 Å². The lowest BCUT2D eigenvalue weighted by molar-refractivity contribution is -0.137. The Bertz CT molecular complexity index is 1900. The van der Waals surface area contributed by atoms with E-state index < -0.39 is 6.04 Å². The van der Waals surface area contributed by atoms with Crippen molar-refractivity contribution < 1.29 is 14.4 Å². The van der Waals surface area contributed by atoms with Gasteiger partial charge in [0.05, 0.1) is 16.9 Å². The number of ketones is 1. The van der Waals surface area contributed by atoms with Crippen LogP contribution in [0.25, 0.3) is 22.2 Å². The van der Waals surface area contributed by atoms with E-state index in [1.165, 1.54) is 26.2 Å². The molecule has 4 aromatic heterocycles. The number of rotatable bonds is 8. The van der Waals surface area contributed by atoms with Gasteiger partial charge < -0.3 is 15.1 Å². The zero-order chi connectivity index (χ0) is 33.0. The number of pyridine rings is 2. The lowest BCUT2D eigenvalue weighted by Gasteiger charge is -2.56. The molecule has 1 N–H and O–H groups in total. The van der Waals surface area contributed by atoms with Crippen LogP contribution in [0.2, 0.25) is 0 Å². The van der Waals surface area contributed by atoms with E-state index in [1.54, 1.807) is 28.0 Å². The number of nitrogens with one attached hydrogen (secondary N) is 1. The fourth-order valence-corrected chi connectivity index (χ4v) is 7.77. The van der Waals surface area contributed by atoms with Crippen LogP contribution in [0, 0.1) is 32.1 Å². The van der Waals surface area contributed by atoms with Crippen LogP contribution < -0.4 is 5.32 Å². The van der Waals surface area contributed by atoms with Crippen LogP contribution in [0.4, 0.5) is 5.82 Å². The molecular weight excluding hydrogens is 662 g/mol. The molecule has 4 aromatic rings. The molecule has 1 spiro atoms. The highest BCUT2D eigenvalue weighted by Gasteiger charge is 2.49. The molecular formula is C34H38BrN9O3. The van der Waals surface area contributed by atoms with E-state index in [0.717, 1.165) is 30.8 Å². The van der Waals surface area contributed by atoms with Gasteiger partial charge in [-0.3, -0.25) is 24.0 Å². The van der Waals surface area contributed by atoms with Crippen LogP contribution in [0.1, 0.15) is 60.2 Å². The molecule has 7 rings (SSSR count). The molecule has 0 bridgehead atoms. The normalized spacial score (nSPS) is 20.3. The summed E-state index contributed by atoms with van der Waals surface area (Å²) in [6.45, 7) is 10.4. The van der Waals surface area contributed by atoms with Crippen molar-refractivity contribution in [3.63, 3.8) is 0 Å². The lowest BCUT2D eigenvalue weighted by Crippen LogP contribution is -2.60. The predicted molar refractivity (Wildman–Crippen MR) is 180 cm³/mol. The quantitative estimate of drug-likeness (QED) is 0.208. The molecule has 2 amide bonds. The molecule has 6 heterocycles. The second kappa shape index (κ2) is 12.2. The van der Waals surface area contributed by atoms with E-state index in [2.05, 4.69) is 46.2 Å². The van der Waals surface area contributed by atoms with Crippen molar-refractivity contribution in [1.29, 1.82) is 0 Å². The Labute approximate surface area is 281 Å². The van der Waals surface area contributed by atoms with Crippen molar-refractivity contribution in [3.05, 3.63) is 58.0 Å². The van der Waals surface area contributed by atoms with E-state index in [4.69, 9.17) is 4.98 Å². The summed E-state index contributed by atoms with van der Waals surface area (Å²) in [5.74, 6) is 0.566. The first-order valence-corrected chi connectivity index (χ1v) is 16.9. The van der Waals surface area contributed by atoms with Gasteiger partial charge in [0.25, 0.3) is 0 Å². The van der Waals surface area contributed by atoms with Crippen molar-refractivity contribution in [2.75, 3.05) is 31.5 Å². The van der Waals surface area contributed by atoms with E-state index >= 15 is 0 Å². The molecule has 2 saturated heterocycles. The summed E-state index contributed by atoms with van der Waals surface area (Å²) in [6.07, 6.45) is 7.88. The van der Waals surface area contributed by atoms with E-state index in [-0.39, 0.29) is 35.8 Å². The Kier molecular flexibility index (Phi) is 8.15. The minimum absolute atomic E-state index is 0.128. The average molecular weight is 701 g/mol. The molecule has 13 heteroatoms. The summed E-state index contributed by atoms with van der Waals surface area (Å²) in [5.41, 5.74) is 4.17. The van der Waals surface area contributed by atoms with Gasteiger partial charge in [-0.05, 0) is 85.0 Å². The summed E-state index contributed by atoms with van der Waals surface area (Å²) < 4.78 is 2.18. The maximum absolute atomic E-state index is 14.2. The Balaban J connectivity index is 1.16. The topological polar surface area (TPSA) is 139 Å². The molecule has 2 atom stereocenters. The average Bonchev–Trinajstić information content (AvgIpc) is 3.58. The molecule has 0 aromatic carbocycles. The highest BCUT2D eigenvalue weighted by Crippen LogP contribution is 2.48. The molecule has 12 nitrogen and oxygen atoms in total. The number of fused-ring (bicyclic) bond motifs is 1. The number of aryl methyl sites for hydroxylation is 3. The molecule has 244 valence electrons. The SMILES string of the molecule is CC(=O)c1nn(CC(=O)N2CC(CN3CC4(CCC4)C3)CC2C(=O)Nc2nc(Br)ccc2C)c2c(C)nc(-c3cnc(C)nc3)cc12. The van der Waals surface area contributed by atoms with E-state index in [9.17, 15) is 14.4 Å². The number of hydrogen-bond acceptors (Lipinski definition) is 9. The maximum atomic E-state index is 14.2. The van der Waals surface area contributed by atoms with Crippen LogP contribution in [-0.4, -0.2) is 89.3 Å². The molecule has 1 aliphatic carbocycles. The van der Waals surface area contributed by atoms with Crippen molar-refractivity contribution in [2.24, 2.45) is 11.3 Å². The van der Waals surface area contributed by atoms with Gasteiger partial charge in [-0.2, -0.15) is 5.10 Å². The summed E-state index contributed by atoms with van der Waals surface area (Å²) in [5, 5.41) is 8.21. The smallest absolute Gasteiger partial charge is 0.248 e. The molecule has 2 aliphatic heterocycles. The van der Waals surface area contributed by atoms with Gasteiger partial charge in [0.2, 0.25) is 11.8 Å². The third-order valence-electron chi connectivity index (χ3n) is 9.96. The van der Waals surface area contributed by atoms with Crippen LogP contribution in [-0.2, 0) is 16.1 Å². The first-order chi connectivity index (χ1) is 22.5. The second-order valence-corrected chi connectivity index (χ2v) is 14.4. The summed E-state index contributed by atoms with van der Waals surface area (Å²) in [4.78, 5) is 62.7. The number of hydrogen-bond donors (Lipinski definition) is 1. The number of carbonyl (C=O) groups excluding carboxylic acids is 3. The Hall–Kier alpha value is -4.10. The van der Waals surface area contributed by atoms with Crippen molar-refractivity contribution >= 4 is 50.2 Å². The number of amides is 2.